The molecule has 14 heavy (non-hydrogen) atoms. The van der Waals surface area contributed by atoms with Crippen molar-refractivity contribution in [2.24, 2.45) is 16.6 Å². The van der Waals surface area contributed by atoms with Crippen molar-refractivity contribution in [1.82, 2.24) is 4.90 Å². The summed E-state index contributed by atoms with van der Waals surface area (Å²) in [6.07, 6.45) is 5.22. The second kappa shape index (κ2) is 4.30. The largest absolute Gasteiger partial charge is 0.387 e. The molecule has 1 atom stereocenters. The van der Waals surface area contributed by atoms with Gasteiger partial charge >= 0.3 is 0 Å². The molecule has 3 nitrogen and oxygen atoms in total. The number of hydrogen-bond donors (Lipinski definition) is 1. The number of hydrogen-bond acceptors (Lipinski definition) is 2. The van der Waals surface area contributed by atoms with Crippen LogP contribution in [0.15, 0.2) is 4.99 Å². The summed E-state index contributed by atoms with van der Waals surface area (Å²) < 4.78 is 0. The van der Waals surface area contributed by atoms with Crippen LogP contribution < -0.4 is 5.73 Å². The molecule has 1 saturated carbocycles. The number of aliphatic imine (C=N–C) groups is 1. The average molecular weight is 195 g/mol. The van der Waals surface area contributed by atoms with E-state index < -0.39 is 0 Å². The fourth-order valence-corrected chi connectivity index (χ4v) is 2.12. The van der Waals surface area contributed by atoms with Crippen LogP contribution in [-0.4, -0.2) is 36.4 Å². The summed E-state index contributed by atoms with van der Waals surface area (Å²) in [5.74, 6) is 1.52. The average Bonchev–Trinajstić information content (AvgIpc) is 2.87. The Labute approximate surface area is 86.4 Å². The molecular weight excluding hydrogens is 174 g/mol. The molecule has 1 aliphatic carbocycles. The van der Waals surface area contributed by atoms with Crippen molar-refractivity contribution in [1.29, 1.82) is 0 Å². The van der Waals surface area contributed by atoms with E-state index in [-0.39, 0.29) is 0 Å². The second-order valence-corrected chi connectivity index (χ2v) is 4.68. The molecule has 0 aromatic carbocycles. The Hall–Kier alpha value is -0.570. The molecular formula is C11H21N3. The molecule has 1 aliphatic heterocycles. The highest BCUT2D eigenvalue weighted by Gasteiger charge is 2.26. The van der Waals surface area contributed by atoms with E-state index >= 15 is 0 Å². The number of likely N-dealkylation sites (tertiary alicyclic amines) is 1. The molecule has 0 radical (unpaired) electrons. The van der Waals surface area contributed by atoms with Gasteiger partial charge in [0.15, 0.2) is 0 Å². The van der Waals surface area contributed by atoms with Gasteiger partial charge in [0.2, 0.25) is 0 Å². The summed E-state index contributed by atoms with van der Waals surface area (Å²) in [4.78, 5) is 7.05. The Morgan fingerprint density at radius 1 is 1.43 bits per heavy atom. The van der Waals surface area contributed by atoms with E-state index in [1.807, 2.05) is 0 Å². The highest BCUT2D eigenvalue weighted by atomic mass is 15.2. The number of nitrogens with zero attached hydrogens (tertiary/aromatic N) is 2. The van der Waals surface area contributed by atoms with E-state index in [1.165, 1.54) is 38.8 Å². The lowest BCUT2D eigenvalue weighted by Gasteiger charge is -2.17. The monoisotopic (exact) mass is 195 g/mol. The van der Waals surface area contributed by atoms with Crippen LogP contribution in [0.5, 0.6) is 0 Å². The van der Waals surface area contributed by atoms with E-state index in [0.29, 0.717) is 12.0 Å². The molecule has 80 valence electrons. The summed E-state index contributed by atoms with van der Waals surface area (Å²) in [5, 5.41) is 0. The van der Waals surface area contributed by atoms with Crippen molar-refractivity contribution >= 4 is 5.84 Å². The first-order valence-corrected chi connectivity index (χ1v) is 5.81. The van der Waals surface area contributed by atoms with Crippen LogP contribution in [0.1, 0.15) is 32.6 Å². The van der Waals surface area contributed by atoms with Crippen LogP contribution in [0.4, 0.5) is 0 Å². The Bertz CT molecular complexity index is 215. The van der Waals surface area contributed by atoms with Crippen molar-refractivity contribution < 1.29 is 0 Å². The fraction of sp³-hybridized carbons (Fsp3) is 0.909. The van der Waals surface area contributed by atoms with Crippen LogP contribution >= 0.6 is 0 Å². The summed E-state index contributed by atoms with van der Waals surface area (Å²) >= 11 is 0. The third-order valence-electron chi connectivity index (χ3n) is 3.09. The minimum atomic E-state index is 0.383. The highest BCUT2D eigenvalue weighted by molar-refractivity contribution is 5.85. The summed E-state index contributed by atoms with van der Waals surface area (Å²) in [6.45, 7) is 5.77. The zero-order valence-corrected chi connectivity index (χ0v) is 9.08. The standard InChI is InChI=1S/C11H21N3/c1-9(8-14-6-2-3-7-14)13-11(12)10-4-5-10/h9-10H,2-8H2,1H3,(H2,12,13). The van der Waals surface area contributed by atoms with Gasteiger partial charge in [0.25, 0.3) is 0 Å². The molecule has 2 rings (SSSR count). The maximum absolute atomic E-state index is 5.89. The SMILES string of the molecule is CC(CN1CCCC1)N=C(N)C1CC1. The van der Waals surface area contributed by atoms with Gasteiger partial charge in [0.05, 0.1) is 11.9 Å². The molecule has 0 bridgehead atoms. The van der Waals surface area contributed by atoms with Gasteiger partial charge in [-0.25, -0.2) is 0 Å². The van der Waals surface area contributed by atoms with E-state index in [9.17, 15) is 0 Å². The van der Waals surface area contributed by atoms with Crippen LogP contribution in [0.2, 0.25) is 0 Å². The smallest absolute Gasteiger partial charge is 0.0972 e. The summed E-state index contributed by atoms with van der Waals surface area (Å²) in [7, 11) is 0. The van der Waals surface area contributed by atoms with Gasteiger partial charge in [-0.15, -0.1) is 0 Å². The third kappa shape index (κ3) is 2.71. The Morgan fingerprint density at radius 3 is 2.64 bits per heavy atom. The van der Waals surface area contributed by atoms with E-state index in [0.717, 1.165) is 12.4 Å². The van der Waals surface area contributed by atoms with Gasteiger partial charge in [-0.2, -0.15) is 0 Å². The zero-order chi connectivity index (χ0) is 9.97. The maximum atomic E-state index is 5.89. The quantitative estimate of drug-likeness (QED) is 0.541. The van der Waals surface area contributed by atoms with Gasteiger partial charge in [-0.1, -0.05) is 0 Å². The van der Waals surface area contributed by atoms with Gasteiger partial charge < -0.3 is 10.6 Å². The van der Waals surface area contributed by atoms with E-state index in [4.69, 9.17) is 5.73 Å². The van der Waals surface area contributed by atoms with Crippen LogP contribution in [-0.2, 0) is 0 Å². The molecule has 1 unspecified atom stereocenters. The second-order valence-electron chi connectivity index (χ2n) is 4.68. The molecule has 0 aromatic heterocycles. The van der Waals surface area contributed by atoms with Crippen LogP contribution in [0.25, 0.3) is 0 Å². The molecule has 1 saturated heterocycles. The first kappa shape index (κ1) is 9.97. The summed E-state index contributed by atoms with van der Waals surface area (Å²) in [6, 6.07) is 0.383. The number of nitrogens with two attached hydrogens (primary N) is 1. The molecule has 2 N–H and O–H groups in total. The number of rotatable bonds is 4. The Morgan fingerprint density at radius 2 is 2.07 bits per heavy atom. The first-order chi connectivity index (χ1) is 6.75. The first-order valence-electron chi connectivity index (χ1n) is 5.81. The molecule has 0 spiro atoms. The highest BCUT2D eigenvalue weighted by Crippen LogP contribution is 2.29. The minimum Gasteiger partial charge on any atom is -0.387 e. The lowest BCUT2D eigenvalue weighted by molar-refractivity contribution is 0.321. The van der Waals surface area contributed by atoms with E-state index in [1.54, 1.807) is 0 Å². The third-order valence-corrected chi connectivity index (χ3v) is 3.09. The van der Waals surface area contributed by atoms with Crippen molar-refractivity contribution in [3.8, 4) is 0 Å². The number of amidine groups is 1. The maximum Gasteiger partial charge on any atom is 0.0972 e. The van der Waals surface area contributed by atoms with Gasteiger partial charge in [-0.3, -0.25) is 4.99 Å². The predicted molar refractivity (Wildman–Crippen MR) is 59.5 cm³/mol. The van der Waals surface area contributed by atoms with Gasteiger partial charge in [0.1, 0.15) is 0 Å². The lowest BCUT2D eigenvalue weighted by Crippen LogP contribution is -2.29. The molecule has 0 amide bonds. The molecule has 0 aromatic rings. The van der Waals surface area contributed by atoms with E-state index in [2.05, 4.69) is 16.8 Å². The van der Waals surface area contributed by atoms with Gasteiger partial charge in [-0.05, 0) is 45.7 Å². The van der Waals surface area contributed by atoms with Crippen molar-refractivity contribution in [3.63, 3.8) is 0 Å². The fourth-order valence-electron chi connectivity index (χ4n) is 2.12. The molecule has 3 heteroatoms. The topological polar surface area (TPSA) is 41.6 Å². The molecule has 2 fully saturated rings. The van der Waals surface area contributed by atoms with Crippen molar-refractivity contribution in [3.05, 3.63) is 0 Å². The minimum absolute atomic E-state index is 0.383. The lowest BCUT2D eigenvalue weighted by atomic mass is 10.3. The summed E-state index contributed by atoms with van der Waals surface area (Å²) in [5.41, 5.74) is 5.89. The van der Waals surface area contributed by atoms with Crippen molar-refractivity contribution in [2.75, 3.05) is 19.6 Å². The van der Waals surface area contributed by atoms with Crippen LogP contribution in [0, 0.1) is 5.92 Å². The molecule has 2 aliphatic rings. The van der Waals surface area contributed by atoms with Crippen molar-refractivity contribution in [2.45, 2.75) is 38.6 Å². The van der Waals surface area contributed by atoms with Gasteiger partial charge in [0, 0.05) is 12.5 Å². The normalized spacial score (nSPS) is 26.8. The Kier molecular flexibility index (Phi) is 3.06. The Balaban J connectivity index is 1.76. The van der Waals surface area contributed by atoms with Crippen LogP contribution in [0.3, 0.4) is 0 Å². The molecule has 1 heterocycles. The predicted octanol–water partition coefficient (Wildman–Crippen LogP) is 1.24. The zero-order valence-electron chi connectivity index (χ0n) is 9.08.